The van der Waals surface area contributed by atoms with Gasteiger partial charge in [0.15, 0.2) is 0 Å². The lowest BCUT2D eigenvalue weighted by atomic mass is 10.1. The largest absolute Gasteiger partial charge is 0.293 e. The molecule has 2 heteroatoms. The summed E-state index contributed by atoms with van der Waals surface area (Å²) in [5, 5.41) is 0. The summed E-state index contributed by atoms with van der Waals surface area (Å²) in [7, 11) is 1.81. The van der Waals surface area contributed by atoms with Crippen molar-refractivity contribution in [2.75, 3.05) is 7.05 Å². The van der Waals surface area contributed by atoms with Crippen molar-refractivity contribution in [1.82, 2.24) is 0 Å². The van der Waals surface area contributed by atoms with Crippen molar-refractivity contribution in [3.63, 3.8) is 0 Å². The van der Waals surface area contributed by atoms with Gasteiger partial charge < -0.3 is 0 Å². The van der Waals surface area contributed by atoms with E-state index in [-0.39, 0.29) is 0 Å². The van der Waals surface area contributed by atoms with Crippen LogP contribution in [0, 0.1) is 0 Å². The summed E-state index contributed by atoms with van der Waals surface area (Å²) in [6.45, 7) is 4.81. The molecule has 0 amide bonds. The second-order valence-corrected chi connectivity index (χ2v) is 5.93. The average Bonchev–Trinajstić information content (AvgIpc) is 2.74. The van der Waals surface area contributed by atoms with Crippen LogP contribution in [-0.2, 0) is 6.54 Å². The van der Waals surface area contributed by atoms with Gasteiger partial charge in [0.1, 0.15) is 0 Å². The molecule has 0 aliphatic heterocycles. The third-order valence-electron chi connectivity index (χ3n) is 4.06. The predicted octanol–water partition coefficient (Wildman–Crippen LogP) is 5.82. The number of rotatable bonds is 4. The molecule has 3 aromatic rings. The Morgan fingerprint density at radius 1 is 0.615 bits per heavy atom. The van der Waals surface area contributed by atoms with E-state index in [0.717, 1.165) is 18.0 Å². The standard InChI is InChI=1S/C15H15N.C9H11N/c1-13(15-10-6-3-7-11-15)16-12-14-8-4-2-5-9-14;1-8(10-2)9-6-4-3-5-7-9/h2-11H,12H2,1H3;3-7H,1-2H3. The van der Waals surface area contributed by atoms with Gasteiger partial charge in [-0.05, 0) is 30.5 Å². The second kappa shape index (κ2) is 10.8. The number of hydrogen-bond acceptors (Lipinski definition) is 2. The fraction of sp³-hybridized carbons (Fsp3) is 0.167. The van der Waals surface area contributed by atoms with E-state index in [9.17, 15) is 0 Å². The van der Waals surface area contributed by atoms with Gasteiger partial charge in [0.05, 0.1) is 6.54 Å². The Morgan fingerprint density at radius 2 is 1.04 bits per heavy atom. The van der Waals surface area contributed by atoms with Crippen molar-refractivity contribution in [2.45, 2.75) is 20.4 Å². The molecule has 0 heterocycles. The predicted molar refractivity (Wildman–Crippen MR) is 113 cm³/mol. The summed E-state index contributed by atoms with van der Waals surface area (Å²) in [5.74, 6) is 0. The van der Waals surface area contributed by atoms with Crippen molar-refractivity contribution >= 4 is 11.4 Å². The van der Waals surface area contributed by atoms with E-state index in [0.29, 0.717) is 0 Å². The maximum Gasteiger partial charge on any atom is 0.0643 e. The third kappa shape index (κ3) is 6.48. The van der Waals surface area contributed by atoms with Crippen LogP contribution < -0.4 is 0 Å². The van der Waals surface area contributed by atoms with Crippen molar-refractivity contribution in [2.24, 2.45) is 9.98 Å². The molecule has 3 aromatic carbocycles. The summed E-state index contributed by atoms with van der Waals surface area (Å²) in [6, 6.07) is 30.7. The van der Waals surface area contributed by atoms with Crippen molar-refractivity contribution in [1.29, 1.82) is 0 Å². The lowest BCUT2D eigenvalue weighted by molar-refractivity contribution is 1.06. The fourth-order valence-corrected chi connectivity index (χ4v) is 2.37. The summed E-state index contributed by atoms with van der Waals surface area (Å²) >= 11 is 0. The summed E-state index contributed by atoms with van der Waals surface area (Å²) in [6.07, 6.45) is 0. The van der Waals surface area contributed by atoms with Crippen molar-refractivity contribution in [3.05, 3.63) is 108 Å². The minimum Gasteiger partial charge on any atom is -0.293 e. The fourth-order valence-electron chi connectivity index (χ4n) is 2.37. The second-order valence-electron chi connectivity index (χ2n) is 5.93. The lowest BCUT2D eigenvalue weighted by Crippen LogP contribution is -1.95. The van der Waals surface area contributed by atoms with E-state index in [1.54, 1.807) is 0 Å². The van der Waals surface area contributed by atoms with Gasteiger partial charge in [-0.2, -0.15) is 0 Å². The Kier molecular flexibility index (Phi) is 8.01. The molecule has 0 fully saturated rings. The molecule has 0 unspecified atom stereocenters. The Balaban J connectivity index is 0.000000209. The molecule has 0 saturated carbocycles. The molecule has 0 aliphatic rings. The van der Waals surface area contributed by atoms with Crippen molar-refractivity contribution < 1.29 is 0 Å². The van der Waals surface area contributed by atoms with Gasteiger partial charge in [0.2, 0.25) is 0 Å². The van der Waals surface area contributed by atoms with E-state index in [1.165, 1.54) is 16.7 Å². The zero-order valence-electron chi connectivity index (χ0n) is 15.8. The van der Waals surface area contributed by atoms with Crippen LogP contribution in [0.3, 0.4) is 0 Å². The molecular formula is C24H26N2. The van der Waals surface area contributed by atoms with Crippen LogP contribution in [-0.4, -0.2) is 18.5 Å². The van der Waals surface area contributed by atoms with Crippen molar-refractivity contribution in [3.8, 4) is 0 Å². The molecule has 3 rings (SSSR count). The van der Waals surface area contributed by atoms with Crippen LogP contribution in [0.5, 0.6) is 0 Å². The molecule has 0 aromatic heterocycles. The highest BCUT2D eigenvalue weighted by molar-refractivity contribution is 5.99. The van der Waals surface area contributed by atoms with Crippen LogP contribution in [0.1, 0.15) is 30.5 Å². The van der Waals surface area contributed by atoms with E-state index in [2.05, 4.69) is 53.3 Å². The van der Waals surface area contributed by atoms with Crippen LogP contribution in [0.15, 0.2) is 101 Å². The Morgan fingerprint density at radius 3 is 1.50 bits per heavy atom. The minimum atomic E-state index is 0.752. The van der Waals surface area contributed by atoms with E-state index in [1.807, 2.05) is 68.6 Å². The first-order valence-electron chi connectivity index (χ1n) is 8.80. The van der Waals surface area contributed by atoms with E-state index < -0.39 is 0 Å². The first kappa shape index (κ1) is 19.3. The first-order valence-corrected chi connectivity index (χ1v) is 8.80. The zero-order chi connectivity index (χ0) is 18.6. The summed E-state index contributed by atoms with van der Waals surface area (Å²) < 4.78 is 0. The molecule has 0 saturated heterocycles. The van der Waals surface area contributed by atoms with Crippen LogP contribution in [0.25, 0.3) is 0 Å². The molecule has 26 heavy (non-hydrogen) atoms. The van der Waals surface area contributed by atoms with Gasteiger partial charge in [0, 0.05) is 18.5 Å². The van der Waals surface area contributed by atoms with Crippen LogP contribution in [0.4, 0.5) is 0 Å². The molecule has 0 aliphatic carbocycles. The molecule has 0 N–H and O–H groups in total. The quantitative estimate of drug-likeness (QED) is 0.534. The highest BCUT2D eigenvalue weighted by Crippen LogP contribution is 2.05. The maximum absolute atomic E-state index is 4.58. The third-order valence-corrected chi connectivity index (χ3v) is 4.06. The Bertz CT molecular complexity index is 820. The summed E-state index contributed by atoms with van der Waals surface area (Å²) in [4.78, 5) is 8.66. The summed E-state index contributed by atoms with van der Waals surface area (Å²) in [5.41, 5.74) is 5.81. The van der Waals surface area contributed by atoms with Gasteiger partial charge in [-0.15, -0.1) is 0 Å². The Hall–Kier alpha value is -3.00. The zero-order valence-corrected chi connectivity index (χ0v) is 15.8. The first-order chi connectivity index (χ1) is 12.7. The average molecular weight is 342 g/mol. The number of aliphatic imine (C=N–C) groups is 2. The van der Waals surface area contributed by atoms with Gasteiger partial charge in [-0.1, -0.05) is 91.0 Å². The van der Waals surface area contributed by atoms with Gasteiger partial charge in [0.25, 0.3) is 0 Å². The van der Waals surface area contributed by atoms with Gasteiger partial charge >= 0.3 is 0 Å². The minimum absolute atomic E-state index is 0.752. The number of hydrogen-bond donors (Lipinski definition) is 0. The molecular weight excluding hydrogens is 316 g/mol. The smallest absolute Gasteiger partial charge is 0.0643 e. The molecule has 0 bridgehead atoms. The molecule has 132 valence electrons. The highest BCUT2D eigenvalue weighted by atomic mass is 14.7. The maximum atomic E-state index is 4.58. The lowest BCUT2D eigenvalue weighted by Gasteiger charge is -2.01. The van der Waals surface area contributed by atoms with E-state index in [4.69, 9.17) is 0 Å². The van der Waals surface area contributed by atoms with Crippen LogP contribution >= 0.6 is 0 Å². The number of nitrogens with zero attached hydrogens (tertiary/aromatic N) is 2. The van der Waals surface area contributed by atoms with Gasteiger partial charge in [-0.25, -0.2) is 0 Å². The number of benzene rings is 3. The Labute approximate surface area is 157 Å². The highest BCUT2D eigenvalue weighted by Gasteiger charge is 1.95. The monoisotopic (exact) mass is 342 g/mol. The van der Waals surface area contributed by atoms with Crippen LogP contribution in [0.2, 0.25) is 0 Å². The molecule has 0 atom stereocenters. The SMILES string of the molecule is CC(=NCc1ccccc1)c1ccccc1.CN=C(C)c1ccccc1. The molecule has 0 spiro atoms. The van der Waals surface area contributed by atoms with Gasteiger partial charge in [-0.3, -0.25) is 9.98 Å². The molecule has 2 nitrogen and oxygen atoms in total. The van der Waals surface area contributed by atoms with E-state index >= 15 is 0 Å². The topological polar surface area (TPSA) is 24.7 Å². The molecule has 0 radical (unpaired) electrons. The normalized spacial score (nSPS) is 11.5.